The van der Waals surface area contributed by atoms with Crippen molar-refractivity contribution in [2.24, 2.45) is 0 Å². The topological polar surface area (TPSA) is 54.5 Å². The second-order valence-electron chi connectivity index (χ2n) is 5.87. The standard InChI is InChI=1S/C19H24ClN3O2/c1-15(16-6-8-17(20)9-7-16)13-22-19(24)23(11-12-25-2)14-18-5-3-4-10-21-18/h3-10,15H,11-14H2,1-2H3,(H,22,24)/t15-/m1/s1. The number of hydrogen-bond acceptors (Lipinski definition) is 3. The van der Waals surface area contributed by atoms with Gasteiger partial charge in [-0.15, -0.1) is 0 Å². The van der Waals surface area contributed by atoms with Gasteiger partial charge in [-0.05, 0) is 35.7 Å². The second-order valence-corrected chi connectivity index (χ2v) is 6.31. The number of hydrogen-bond donors (Lipinski definition) is 1. The first-order valence-electron chi connectivity index (χ1n) is 8.27. The number of nitrogens with zero attached hydrogens (tertiary/aromatic N) is 2. The van der Waals surface area contributed by atoms with Crippen molar-refractivity contribution < 1.29 is 9.53 Å². The minimum atomic E-state index is -0.122. The van der Waals surface area contributed by atoms with E-state index in [9.17, 15) is 4.79 Å². The molecule has 1 N–H and O–H groups in total. The van der Waals surface area contributed by atoms with Gasteiger partial charge in [0.15, 0.2) is 0 Å². The lowest BCUT2D eigenvalue weighted by Crippen LogP contribution is -2.42. The van der Waals surface area contributed by atoms with Crippen LogP contribution in [0.2, 0.25) is 5.02 Å². The quantitative estimate of drug-likeness (QED) is 0.780. The van der Waals surface area contributed by atoms with E-state index in [1.807, 2.05) is 42.5 Å². The van der Waals surface area contributed by atoms with Crippen molar-refractivity contribution in [2.45, 2.75) is 19.4 Å². The summed E-state index contributed by atoms with van der Waals surface area (Å²) in [6.45, 7) is 4.06. The number of methoxy groups -OCH3 is 1. The Morgan fingerprint density at radius 1 is 1.28 bits per heavy atom. The van der Waals surface area contributed by atoms with Crippen LogP contribution in [0.4, 0.5) is 4.79 Å². The third-order valence-corrected chi connectivity index (χ3v) is 4.18. The highest BCUT2D eigenvalue weighted by molar-refractivity contribution is 6.30. The van der Waals surface area contributed by atoms with Crippen molar-refractivity contribution in [1.82, 2.24) is 15.2 Å². The normalized spacial score (nSPS) is 11.8. The summed E-state index contributed by atoms with van der Waals surface area (Å²) in [5.74, 6) is 0.195. The lowest BCUT2D eigenvalue weighted by Gasteiger charge is -2.23. The fraction of sp³-hybridized carbons (Fsp3) is 0.368. The van der Waals surface area contributed by atoms with Crippen LogP contribution in [0.25, 0.3) is 0 Å². The van der Waals surface area contributed by atoms with Crippen LogP contribution < -0.4 is 5.32 Å². The maximum Gasteiger partial charge on any atom is 0.317 e. The Bertz CT molecular complexity index is 649. The molecular formula is C19H24ClN3O2. The molecule has 1 aromatic carbocycles. The van der Waals surface area contributed by atoms with Crippen LogP contribution in [0.5, 0.6) is 0 Å². The molecule has 2 amide bonds. The molecule has 0 fully saturated rings. The van der Waals surface area contributed by atoms with E-state index in [1.165, 1.54) is 0 Å². The van der Waals surface area contributed by atoms with Crippen molar-refractivity contribution >= 4 is 17.6 Å². The number of carbonyl (C=O) groups excluding carboxylic acids is 1. The van der Waals surface area contributed by atoms with Crippen LogP contribution >= 0.6 is 11.6 Å². The molecule has 0 aliphatic rings. The van der Waals surface area contributed by atoms with Crippen LogP contribution in [-0.2, 0) is 11.3 Å². The zero-order chi connectivity index (χ0) is 18.1. The zero-order valence-corrected chi connectivity index (χ0v) is 15.4. The van der Waals surface area contributed by atoms with Crippen LogP contribution in [0, 0.1) is 0 Å². The fourth-order valence-electron chi connectivity index (χ4n) is 2.40. The Labute approximate surface area is 154 Å². The molecule has 1 atom stereocenters. The van der Waals surface area contributed by atoms with E-state index in [1.54, 1.807) is 18.2 Å². The maximum absolute atomic E-state index is 12.6. The number of halogens is 1. The number of benzene rings is 1. The Kier molecular flexibility index (Phi) is 7.70. The summed E-state index contributed by atoms with van der Waals surface area (Å²) in [6.07, 6.45) is 1.73. The van der Waals surface area contributed by atoms with Crippen molar-refractivity contribution in [2.75, 3.05) is 26.8 Å². The van der Waals surface area contributed by atoms with Gasteiger partial charge in [-0.1, -0.05) is 36.7 Å². The smallest absolute Gasteiger partial charge is 0.317 e. The molecule has 0 saturated carbocycles. The summed E-state index contributed by atoms with van der Waals surface area (Å²) >= 11 is 5.92. The van der Waals surface area contributed by atoms with Gasteiger partial charge in [-0.2, -0.15) is 0 Å². The minimum Gasteiger partial charge on any atom is -0.383 e. The van der Waals surface area contributed by atoms with Gasteiger partial charge in [0.1, 0.15) is 0 Å². The van der Waals surface area contributed by atoms with Crippen LogP contribution in [-0.4, -0.2) is 42.7 Å². The molecule has 1 heterocycles. The molecule has 134 valence electrons. The molecule has 0 saturated heterocycles. The summed E-state index contributed by atoms with van der Waals surface area (Å²) < 4.78 is 5.11. The number of pyridine rings is 1. The highest BCUT2D eigenvalue weighted by atomic mass is 35.5. The average molecular weight is 362 g/mol. The van der Waals surface area contributed by atoms with E-state index < -0.39 is 0 Å². The summed E-state index contributed by atoms with van der Waals surface area (Å²) in [5.41, 5.74) is 1.98. The van der Waals surface area contributed by atoms with Crippen molar-refractivity contribution in [3.8, 4) is 0 Å². The van der Waals surface area contributed by atoms with Gasteiger partial charge < -0.3 is 15.0 Å². The molecule has 1 aromatic heterocycles. The van der Waals surface area contributed by atoms with Crippen LogP contribution in [0.15, 0.2) is 48.7 Å². The lowest BCUT2D eigenvalue weighted by molar-refractivity contribution is 0.145. The van der Waals surface area contributed by atoms with Gasteiger partial charge in [0.2, 0.25) is 0 Å². The predicted molar refractivity (Wildman–Crippen MR) is 99.8 cm³/mol. The van der Waals surface area contributed by atoms with Crippen LogP contribution in [0.1, 0.15) is 24.1 Å². The molecule has 2 aromatic rings. The van der Waals surface area contributed by atoms with E-state index in [0.717, 1.165) is 11.3 Å². The van der Waals surface area contributed by atoms with Crippen molar-refractivity contribution in [3.63, 3.8) is 0 Å². The molecule has 0 unspecified atom stereocenters. The van der Waals surface area contributed by atoms with Crippen LogP contribution in [0.3, 0.4) is 0 Å². The van der Waals surface area contributed by atoms with Gasteiger partial charge in [0, 0.05) is 31.4 Å². The summed E-state index contributed by atoms with van der Waals surface area (Å²) in [5, 5.41) is 3.70. The largest absolute Gasteiger partial charge is 0.383 e. The van der Waals surface area contributed by atoms with Gasteiger partial charge in [0.25, 0.3) is 0 Å². The van der Waals surface area contributed by atoms with Gasteiger partial charge in [0.05, 0.1) is 18.8 Å². The number of rotatable bonds is 8. The minimum absolute atomic E-state index is 0.122. The Hall–Kier alpha value is -2.11. The first-order chi connectivity index (χ1) is 12.1. The second kappa shape index (κ2) is 10.0. The highest BCUT2D eigenvalue weighted by Crippen LogP contribution is 2.17. The number of nitrogens with one attached hydrogen (secondary N) is 1. The molecule has 5 nitrogen and oxygen atoms in total. The lowest BCUT2D eigenvalue weighted by atomic mass is 10.0. The molecule has 25 heavy (non-hydrogen) atoms. The molecule has 0 spiro atoms. The predicted octanol–water partition coefficient (Wildman–Crippen LogP) is 3.70. The molecule has 6 heteroatoms. The molecular weight excluding hydrogens is 338 g/mol. The number of amides is 2. The number of carbonyl (C=O) groups is 1. The third kappa shape index (κ3) is 6.36. The van der Waals surface area contributed by atoms with E-state index in [0.29, 0.717) is 31.3 Å². The third-order valence-electron chi connectivity index (χ3n) is 3.93. The van der Waals surface area contributed by atoms with Gasteiger partial charge >= 0.3 is 6.03 Å². The van der Waals surface area contributed by atoms with Gasteiger partial charge in [-0.3, -0.25) is 4.98 Å². The SMILES string of the molecule is COCCN(Cc1ccccn1)C(=O)NC[C@@H](C)c1ccc(Cl)cc1. The summed E-state index contributed by atoms with van der Waals surface area (Å²) in [6, 6.07) is 13.2. The van der Waals surface area contributed by atoms with E-state index in [-0.39, 0.29) is 11.9 Å². The van der Waals surface area contributed by atoms with Crippen molar-refractivity contribution in [3.05, 3.63) is 64.9 Å². The van der Waals surface area contributed by atoms with E-state index in [2.05, 4.69) is 17.2 Å². The first-order valence-corrected chi connectivity index (χ1v) is 8.65. The molecule has 2 rings (SSSR count). The molecule has 0 radical (unpaired) electrons. The monoisotopic (exact) mass is 361 g/mol. The maximum atomic E-state index is 12.6. The Morgan fingerprint density at radius 3 is 2.68 bits per heavy atom. The van der Waals surface area contributed by atoms with E-state index in [4.69, 9.17) is 16.3 Å². The fourth-order valence-corrected chi connectivity index (χ4v) is 2.53. The molecule has 0 aliphatic carbocycles. The summed E-state index contributed by atoms with van der Waals surface area (Å²) in [4.78, 5) is 18.5. The zero-order valence-electron chi connectivity index (χ0n) is 14.6. The summed E-state index contributed by atoms with van der Waals surface area (Å²) in [7, 11) is 1.62. The molecule has 0 bridgehead atoms. The number of aromatic nitrogens is 1. The first kappa shape index (κ1) is 19.2. The van der Waals surface area contributed by atoms with Gasteiger partial charge in [-0.25, -0.2) is 4.79 Å². The van der Waals surface area contributed by atoms with Crippen molar-refractivity contribution in [1.29, 1.82) is 0 Å². The number of ether oxygens (including phenoxy) is 1. The Morgan fingerprint density at radius 2 is 2.04 bits per heavy atom. The Balaban J connectivity index is 1.92. The van der Waals surface area contributed by atoms with E-state index >= 15 is 0 Å². The number of urea groups is 1. The average Bonchev–Trinajstić information content (AvgIpc) is 2.64. The molecule has 0 aliphatic heterocycles. The highest BCUT2D eigenvalue weighted by Gasteiger charge is 2.15.